The summed E-state index contributed by atoms with van der Waals surface area (Å²) in [6.07, 6.45) is -3.97. The van der Waals surface area contributed by atoms with Gasteiger partial charge in [-0.25, -0.2) is 4.57 Å². The number of rotatable bonds is 7. The molecule has 1 fully saturated rings. The number of hydrogen-bond acceptors (Lipinski definition) is 7. The number of nitrogens with zero attached hydrogens (tertiary/aromatic N) is 1. The fourth-order valence-electron chi connectivity index (χ4n) is 2.14. The number of carbonyl (C=O) groups excluding carboxylic acids is 1. The second-order valence-corrected chi connectivity index (χ2v) is 6.43. The van der Waals surface area contributed by atoms with Gasteiger partial charge < -0.3 is 35.0 Å². The van der Waals surface area contributed by atoms with E-state index in [1.807, 2.05) is 0 Å². The Labute approximate surface area is 142 Å². The van der Waals surface area contributed by atoms with Crippen LogP contribution in [0.3, 0.4) is 0 Å². The summed E-state index contributed by atoms with van der Waals surface area (Å²) in [5.41, 5.74) is 0. The molecule has 0 saturated carbocycles. The number of phosphoric acid groups is 1. The SMILES string of the molecule is CC(=O)N[C@H]1[C@@H](O)[C@H](O)O[C@@H]1COP(=O)(O)O.CCN(CC)CC. The molecule has 0 spiro atoms. The number of nitrogens with one attached hydrogen (secondary N) is 1. The van der Waals surface area contributed by atoms with Crippen LogP contribution in [0.15, 0.2) is 0 Å². The van der Waals surface area contributed by atoms with Crippen molar-refractivity contribution in [1.29, 1.82) is 0 Å². The molecule has 144 valence electrons. The van der Waals surface area contributed by atoms with Crippen LogP contribution in [0.1, 0.15) is 27.7 Å². The highest BCUT2D eigenvalue weighted by atomic mass is 31.2. The smallest absolute Gasteiger partial charge is 0.386 e. The van der Waals surface area contributed by atoms with Gasteiger partial charge in [0, 0.05) is 6.92 Å². The van der Waals surface area contributed by atoms with Gasteiger partial charge in [0.15, 0.2) is 6.29 Å². The lowest BCUT2D eigenvalue weighted by Gasteiger charge is -2.20. The van der Waals surface area contributed by atoms with E-state index < -0.39 is 44.9 Å². The van der Waals surface area contributed by atoms with E-state index in [1.54, 1.807) is 0 Å². The van der Waals surface area contributed by atoms with Crippen LogP contribution < -0.4 is 5.32 Å². The number of carbonyl (C=O) groups is 1. The summed E-state index contributed by atoms with van der Waals surface area (Å²) in [4.78, 5) is 30.2. The average molecular weight is 372 g/mol. The van der Waals surface area contributed by atoms with E-state index in [2.05, 4.69) is 35.5 Å². The Bertz CT molecular complexity index is 409. The van der Waals surface area contributed by atoms with E-state index in [4.69, 9.17) is 14.5 Å². The molecular formula is C13H29N2O8P. The van der Waals surface area contributed by atoms with Crippen LogP contribution in [0, 0.1) is 0 Å². The second kappa shape index (κ2) is 11.1. The first-order valence-corrected chi connectivity index (χ1v) is 9.29. The third-order valence-electron chi connectivity index (χ3n) is 3.49. The van der Waals surface area contributed by atoms with Crippen molar-refractivity contribution in [2.24, 2.45) is 0 Å². The van der Waals surface area contributed by atoms with Crippen LogP contribution in [0.25, 0.3) is 0 Å². The van der Waals surface area contributed by atoms with E-state index in [9.17, 15) is 19.6 Å². The first-order valence-electron chi connectivity index (χ1n) is 7.76. The van der Waals surface area contributed by atoms with Gasteiger partial charge >= 0.3 is 7.82 Å². The predicted octanol–water partition coefficient (Wildman–Crippen LogP) is -0.973. The maximum absolute atomic E-state index is 10.8. The molecule has 0 unspecified atom stereocenters. The molecule has 24 heavy (non-hydrogen) atoms. The normalized spacial score (nSPS) is 26.9. The molecule has 1 aliphatic heterocycles. The molecule has 1 saturated heterocycles. The molecule has 1 heterocycles. The first-order chi connectivity index (χ1) is 11.1. The zero-order valence-corrected chi connectivity index (χ0v) is 15.3. The van der Waals surface area contributed by atoms with Crippen LogP contribution in [-0.2, 0) is 18.6 Å². The molecule has 0 radical (unpaired) electrons. The van der Waals surface area contributed by atoms with Gasteiger partial charge in [0.1, 0.15) is 12.2 Å². The molecule has 10 nitrogen and oxygen atoms in total. The molecule has 0 aromatic rings. The molecule has 0 aliphatic carbocycles. The van der Waals surface area contributed by atoms with Gasteiger partial charge in [-0.15, -0.1) is 0 Å². The highest BCUT2D eigenvalue weighted by molar-refractivity contribution is 7.46. The van der Waals surface area contributed by atoms with Gasteiger partial charge in [-0.05, 0) is 19.6 Å². The van der Waals surface area contributed by atoms with Crippen LogP contribution in [-0.4, -0.2) is 81.6 Å². The quantitative estimate of drug-likeness (QED) is 0.356. The van der Waals surface area contributed by atoms with Crippen molar-refractivity contribution in [3.63, 3.8) is 0 Å². The summed E-state index contributed by atoms with van der Waals surface area (Å²) in [7, 11) is -4.67. The van der Waals surface area contributed by atoms with Gasteiger partial charge in [0.05, 0.1) is 12.6 Å². The summed E-state index contributed by atoms with van der Waals surface area (Å²) in [5, 5.41) is 21.0. The number of aliphatic hydroxyl groups is 2. The van der Waals surface area contributed by atoms with Crippen LogP contribution in [0.5, 0.6) is 0 Å². The Hall–Kier alpha value is -0.580. The van der Waals surface area contributed by atoms with E-state index in [0.717, 1.165) is 0 Å². The minimum absolute atomic E-state index is 0.479. The van der Waals surface area contributed by atoms with E-state index in [1.165, 1.54) is 26.6 Å². The van der Waals surface area contributed by atoms with Crippen molar-refractivity contribution < 1.29 is 38.6 Å². The Morgan fingerprint density at radius 1 is 1.21 bits per heavy atom. The molecule has 0 bridgehead atoms. The highest BCUT2D eigenvalue weighted by Crippen LogP contribution is 2.37. The molecule has 5 N–H and O–H groups in total. The second-order valence-electron chi connectivity index (χ2n) is 5.19. The van der Waals surface area contributed by atoms with Crippen molar-refractivity contribution in [2.75, 3.05) is 26.2 Å². The Morgan fingerprint density at radius 3 is 2.04 bits per heavy atom. The van der Waals surface area contributed by atoms with Gasteiger partial charge in [0.25, 0.3) is 0 Å². The maximum Gasteiger partial charge on any atom is 0.469 e. The zero-order chi connectivity index (χ0) is 18.9. The number of ether oxygens (including phenoxy) is 1. The molecule has 11 heteroatoms. The van der Waals surface area contributed by atoms with Crippen LogP contribution in [0.2, 0.25) is 0 Å². The molecule has 1 rings (SSSR count). The lowest BCUT2D eigenvalue weighted by molar-refractivity contribution is -0.132. The Morgan fingerprint density at radius 2 is 1.71 bits per heavy atom. The van der Waals surface area contributed by atoms with Crippen molar-refractivity contribution in [1.82, 2.24) is 10.2 Å². The van der Waals surface area contributed by atoms with Crippen LogP contribution >= 0.6 is 7.82 Å². The molecule has 1 amide bonds. The number of amides is 1. The topological polar surface area (TPSA) is 149 Å². The van der Waals surface area contributed by atoms with Crippen molar-refractivity contribution in [2.45, 2.75) is 52.2 Å². The largest absolute Gasteiger partial charge is 0.469 e. The summed E-state index contributed by atoms with van der Waals surface area (Å²) in [5.74, 6) is -0.479. The third-order valence-corrected chi connectivity index (χ3v) is 3.98. The summed E-state index contributed by atoms with van der Waals surface area (Å²) in [6.45, 7) is 10.8. The third kappa shape index (κ3) is 9.05. The van der Waals surface area contributed by atoms with Gasteiger partial charge in [-0.1, -0.05) is 20.8 Å². The van der Waals surface area contributed by atoms with Gasteiger partial charge in [0.2, 0.25) is 5.91 Å². The van der Waals surface area contributed by atoms with Gasteiger partial charge in [-0.3, -0.25) is 9.32 Å². The van der Waals surface area contributed by atoms with E-state index in [0.29, 0.717) is 0 Å². The number of phosphoric ester groups is 1. The zero-order valence-electron chi connectivity index (χ0n) is 14.5. The van der Waals surface area contributed by atoms with E-state index in [-0.39, 0.29) is 0 Å². The van der Waals surface area contributed by atoms with Crippen LogP contribution in [0.4, 0.5) is 0 Å². The van der Waals surface area contributed by atoms with Crippen molar-refractivity contribution in [3.05, 3.63) is 0 Å². The summed E-state index contributed by atoms with van der Waals surface area (Å²) in [6, 6.07) is -0.992. The first kappa shape index (κ1) is 23.4. The van der Waals surface area contributed by atoms with Crippen molar-refractivity contribution in [3.8, 4) is 0 Å². The van der Waals surface area contributed by atoms with Crippen molar-refractivity contribution >= 4 is 13.7 Å². The minimum atomic E-state index is -4.67. The van der Waals surface area contributed by atoms with E-state index >= 15 is 0 Å². The number of aliphatic hydroxyl groups excluding tert-OH is 2. The molecule has 0 aromatic heterocycles. The summed E-state index contributed by atoms with van der Waals surface area (Å²) < 4.78 is 19.5. The lowest BCUT2D eigenvalue weighted by atomic mass is 10.1. The Kier molecular flexibility index (Phi) is 10.8. The lowest BCUT2D eigenvalue weighted by Crippen LogP contribution is -2.48. The fraction of sp³-hybridized carbons (Fsp3) is 0.923. The predicted molar refractivity (Wildman–Crippen MR) is 85.9 cm³/mol. The Balaban J connectivity index is 0.000000640. The average Bonchev–Trinajstić information content (AvgIpc) is 2.74. The minimum Gasteiger partial charge on any atom is -0.386 e. The maximum atomic E-state index is 10.8. The van der Waals surface area contributed by atoms with Gasteiger partial charge in [-0.2, -0.15) is 0 Å². The summed E-state index contributed by atoms with van der Waals surface area (Å²) >= 11 is 0. The molecular weight excluding hydrogens is 343 g/mol. The molecule has 4 atom stereocenters. The standard InChI is InChI=1S/C7H14NO8P.C6H15N/c1-3(9)8-5-4(2-15-17(12,13)14)16-7(11)6(5)10;1-4-7(5-2)6-3/h4-7,10-11H,2H2,1H3,(H,8,9)(H2,12,13,14);4-6H2,1-3H3/t4-,5-,6-,7-;/m1./s1. The highest BCUT2D eigenvalue weighted by Gasteiger charge is 2.44. The fourth-order valence-corrected chi connectivity index (χ4v) is 2.48. The number of hydrogen-bond donors (Lipinski definition) is 5. The monoisotopic (exact) mass is 372 g/mol. The molecule has 1 aliphatic rings. The molecule has 0 aromatic carbocycles.